The monoisotopic (exact) mass is 411 g/mol. The molecule has 0 aliphatic rings. The van der Waals surface area contributed by atoms with Crippen molar-refractivity contribution in [1.82, 2.24) is 4.98 Å². The lowest BCUT2D eigenvalue weighted by Gasteiger charge is -2.01. The molecule has 0 unspecified atom stereocenters. The summed E-state index contributed by atoms with van der Waals surface area (Å²) < 4.78 is 18.0. The van der Waals surface area contributed by atoms with Gasteiger partial charge in [0, 0.05) is 31.3 Å². The minimum atomic E-state index is -0.377. The lowest BCUT2D eigenvalue weighted by Crippen LogP contribution is -2.04. The van der Waals surface area contributed by atoms with Crippen LogP contribution in [-0.4, -0.2) is 57.3 Å². The molecule has 0 aromatic carbocycles. The van der Waals surface area contributed by atoms with E-state index in [0.29, 0.717) is 44.1 Å². The number of hydrogen-bond donors (Lipinski definition) is 1. The molecule has 1 heterocycles. The van der Waals surface area contributed by atoms with Gasteiger partial charge < -0.3 is 23.9 Å². The summed E-state index contributed by atoms with van der Waals surface area (Å²) in [7, 11) is 5.37. The van der Waals surface area contributed by atoms with Crippen LogP contribution < -0.4 is 0 Å². The number of aryl methyl sites for hydroxylation is 1. The summed E-state index contributed by atoms with van der Waals surface area (Å²) >= 11 is 0. The third kappa shape index (κ3) is 12.1. The van der Waals surface area contributed by atoms with E-state index < -0.39 is 0 Å². The molecule has 9 heteroatoms. The number of methoxy groups -OCH3 is 4. The Morgan fingerprint density at radius 2 is 1.48 bits per heavy atom. The van der Waals surface area contributed by atoms with E-state index in [1.807, 2.05) is 0 Å². The second kappa shape index (κ2) is 15.9. The molecule has 0 fully saturated rings. The van der Waals surface area contributed by atoms with Crippen LogP contribution in [0.15, 0.2) is 24.5 Å². The number of carbonyl (C=O) groups is 4. The number of unbranched alkanes of at least 4 members (excludes halogenated alkanes) is 1. The van der Waals surface area contributed by atoms with Crippen molar-refractivity contribution < 1.29 is 38.1 Å². The Bertz CT molecular complexity index is 678. The highest BCUT2D eigenvalue weighted by atomic mass is 16.5. The zero-order valence-electron chi connectivity index (χ0n) is 17.3. The lowest BCUT2D eigenvalue weighted by molar-refractivity contribution is -0.141. The van der Waals surface area contributed by atoms with Gasteiger partial charge in [-0.3, -0.25) is 9.59 Å². The van der Waals surface area contributed by atoms with Crippen LogP contribution >= 0.6 is 0 Å². The number of nitrogens with one attached hydrogen (secondary N) is 1. The van der Waals surface area contributed by atoms with Crippen molar-refractivity contribution in [1.29, 1.82) is 0 Å². The minimum absolute atomic E-state index is 0.230. The number of esters is 4. The number of allylic oxidation sites excluding steroid dienone is 1. The number of aromatic amines is 1. The molecule has 1 rings (SSSR count). The normalized spacial score (nSPS) is 9.93. The Labute approximate surface area is 170 Å². The van der Waals surface area contributed by atoms with Crippen molar-refractivity contribution in [3.63, 3.8) is 0 Å². The van der Waals surface area contributed by atoms with E-state index in [0.717, 1.165) is 5.56 Å². The molecular formula is C20H29NO8. The zero-order chi connectivity index (χ0) is 22.1. The first kappa shape index (κ1) is 25.9. The number of aromatic nitrogens is 1. The Morgan fingerprint density at radius 1 is 0.862 bits per heavy atom. The van der Waals surface area contributed by atoms with Crippen LogP contribution in [0.2, 0.25) is 0 Å². The molecule has 29 heavy (non-hydrogen) atoms. The second-order valence-corrected chi connectivity index (χ2v) is 5.71. The average Bonchev–Trinajstić information content (AvgIpc) is 3.21. The smallest absolute Gasteiger partial charge is 0.339 e. The number of hydrogen-bond acceptors (Lipinski definition) is 8. The largest absolute Gasteiger partial charge is 0.469 e. The van der Waals surface area contributed by atoms with Crippen LogP contribution in [-0.2, 0) is 39.8 Å². The molecule has 0 aliphatic carbocycles. The standard InChI is InChI=1S/C11H15NO4.C9H14O4/c1-15-10(13)5-3-4-8-6-12-7-9(8)11(14)16-2;1-12-8(10)6-4-3-5-7-9(11)13-2/h6-7,12H,3-5H2,1-2H3;4,6H,3,5,7H2,1-2H3/b;6-4+. The molecule has 0 spiro atoms. The highest BCUT2D eigenvalue weighted by molar-refractivity contribution is 5.90. The molecule has 162 valence electrons. The topological polar surface area (TPSA) is 121 Å². The SMILES string of the molecule is COC(=O)/C=C/CCCC(=O)OC.COC(=O)CCCc1c[nH]cc1C(=O)OC. The summed E-state index contributed by atoms with van der Waals surface area (Å²) in [6.07, 6.45) is 9.72. The predicted octanol–water partition coefficient (Wildman–Crippen LogP) is 2.36. The molecule has 1 N–H and O–H groups in total. The maximum Gasteiger partial charge on any atom is 0.339 e. The van der Waals surface area contributed by atoms with Gasteiger partial charge in [0.15, 0.2) is 0 Å². The van der Waals surface area contributed by atoms with Gasteiger partial charge in [-0.25, -0.2) is 9.59 Å². The highest BCUT2D eigenvalue weighted by Gasteiger charge is 2.12. The van der Waals surface area contributed by atoms with Crippen LogP contribution in [0, 0.1) is 0 Å². The zero-order valence-corrected chi connectivity index (χ0v) is 17.3. The summed E-state index contributed by atoms with van der Waals surface area (Å²) in [5.74, 6) is -1.21. The lowest BCUT2D eigenvalue weighted by atomic mass is 10.1. The van der Waals surface area contributed by atoms with E-state index in [2.05, 4.69) is 23.9 Å². The van der Waals surface area contributed by atoms with Crippen LogP contribution in [0.4, 0.5) is 0 Å². The Morgan fingerprint density at radius 3 is 2.03 bits per heavy atom. The van der Waals surface area contributed by atoms with Crippen LogP contribution in [0.3, 0.4) is 0 Å². The number of ether oxygens (including phenoxy) is 4. The van der Waals surface area contributed by atoms with Crippen molar-refractivity contribution in [2.75, 3.05) is 28.4 Å². The summed E-state index contributed by atoms with van der Waals surface area (Å²) in [5.41, 5.74) is 1.38. The van der Waals surface area contributed by atoms with Crippen molar-refractivity contribution >= 4 is 23.9 Å². The number of H-pyrrole nitrogens is 1. The Balaban J connectivity index is 0.000000555. The van der Waals surface area contributed by atoms with E-state index in [4.69, 9.17) is 0 Å². The van der Waals surface area contributed by atoms with Crippen molar-refractivity contribution in [3.05, 3.63) is 35.7 Å². The predicted molar refractivity (Wildman–Crippen MR) is 104 cm³/mol. The maximum absolute atomic E-state index is 11.3. The van der Waals surface area contributed by atoms with Gasteiger partial charge in [-0.05, 0) is 31.2 Å². The van der Waals surface area contributed by atoms with E-state index >= 15 is 0 Å². The van der Waals surface area contributed by atoms with E-state index in [1.165, 1.54) is 34.5 Å². The molecule has 0 amide bonds. The first-order valence-corrected chi connectivity index (χ1v) is 9.01. The molecule has 0 bridgehead atoms. The van der Waals surface area contributed by atoms with Crippen molar-refractivity contribution in [2.24, 2.45) is 0 Å². The van der Waals surface area contributed by atoms with Gasteiger partial charge in [0.05, 0.1) is 34.0 Å². The number of rotatable bonds is 10. The van der Waals surface area contributed by atoms with Gasteiger partial charge in [-0.15, -0.1) is 0 Å². The quantitative estimate of drug-likeness (QED) is 0.270. The molecule has 0 aliphatic heterocycles. The third-order valence-electron chi connectivity index (χ3n) is 3.73. The fraction of sp³-hybridized carbons (Fsp3) is 0.500. The van der Waals surface area contributed by atoms with E-state index in [-0.39, 0.29) is 23.9 Å². The van der Waals surface area contributed by atoms with E-state index in [9.17, 15) is 19.2 Å². The number of carbonyl (C=O) groups excluding carboxylic acids is 4. The average molecular weight is 411 g/mol. The summed E-state index contributed by atoms with van der Waals surface area (Å²) in [5, 5.41) is 0. The molecule has 0 saturated carbocycles. The van der Waals surface area contributed by atoms with Gasteiger partial charge in [0.1, 0.15) is 0 Å². The van der Waals surface area contributed by atoms with Gasteiger partial charge in [-0.1, -0.05) is 6.08 Å². The van der Waals surface area contributed by atoms with Crippen LogP contribution in [0.1, 0.15) is 48.0 Å². The summed E-state index contributed by atoms with van der Waals surface area (Å²) in [6, 6.07) is 0. The highest BCUT2D eigenvalue weighted by Crippen LogP contribution is 2.12. The third-order valence-corrected chi connectivity index (χ3v) is 3.73. The molecule has 0 atom stereocenters. The Kier molecular flexibility index (Phi) is 14.2. The van der Waals surface area contributed by atoms with Crippen LogP contribution in [0.25, 0.3) is 0 Å². The maximum atomic E-state index is 11.3. The van der Waals surface area contributed by atoms with E-state index in [1.54, 1.807) is 18.5 Å². The van der Waals surface area contributed by atoms with Gasteiger partial charge >= 0.3 is 23.9 Å². The minimum Gasteiger partial charge on any atom is -0.469 e. The molecular weight excluding hydrogens is 382 g/mol. The fourth-order valence-corrected chi connectivity index (χ4v) is 2.14. The first-order valence-electron chi connectivity index (χ1n) is 9.01. The van der Waals surface area contributed by atoms with Gasteiger partial charge in [-0.2, -0.15) is 0 Å². The van der Waals surface area contributed by atoms with Crippen LogP contribution in [0.5, 0.6) is 0 Å². The van der Waals surface area contributed by atoms with Crippen molar-refractivity contribution in [3.8, 4) is 0 Å². The Hall–Kier alpha value is -3.10. The molecule has 0 radical (unpaired) electrons. The fourth-order valence-electron chi connectivity index (χ4n) is 2.14. The summed E-state index contributed by atoms with van der Waals surface area (Å²) in [6.45, 7) is 0. The molecule has 1 aromatic rings. The van der Waals surface area contributed by atoms with Gasteiger partial charge in [0.25, 0.3) is 0 Å². The molecule has 0 saturated heterocycles. The van der Waals surface area contributed by atoms with Gasteiger partial charge in [0.2, 0.25) is 0 Å². The second-order valence-electron chi connectivity index (χ2n) is 5.71. The first-order chi connectivity index (χ1) is 13.9. The van der Waals surface area contributed by atoms with Crippen molar-refractivity contribution in [2.45, 2.75) is 38.5 Å². The summed E-state index contributed by atoms with van der Waals surface area (Å²) in [4.78, 5) is 46.2. The molecule has 9 nitrogen and oxygen atoms in total. The molecule has 1 aromatic heterocycles.